The Kier molecular flexibility index (Phi) is 8.90. The van der Waals surface area contributed by atoms with E-state index in [1.165, 1.54) is 10.6 Å². The summed E-state index contributed by atoms with van der Waals surface area (Å²) in [5.41, 5.74) is 1.37. The molecule has 0 radical (unpaired) electrons. The highest BCUT2D eigenvalue weighted by Crippen LogP contribution is 2.41. The van der Waals surface area contributed by atoms with Crippen molar-refractivity contribution in [1.29, 1.82) is 0 Å². The van der Waals surface area contributed by atoms with Crippen molar-refractivity contribution in [2.75, 3.05) is 0 Å². The van der Waals surface area contributed by atoms with Crippen LogP contribution in [0.1, 0.15) is 85.2 Å². The minimum absolute atomic E-state index is 0.0192. The Hall–Kier alpha value is -4.05. The molecule has 3 aromatic heterocycles. The summed E-state index contributed by atoms with van der Waals surface area (Å²) in [6, 6.07) is -0.0571. The van der Waals surface area contributed by atoms with Crippen LogP contribution < -0.4 is 10.6 Å². The minimum atomic E-state index is -4.48. The molecule has 244 valence electrons. The Morgan fingerprint density at radius 1 is 0.978 bits per heavy atom. The molecule has 45 heavy (non-hydrogen) atoms. The summed E-state index contributed by atoms with van der Waals surface area (Å²) < 4.78 is 106. The third-order valence-electron chi connectivity index (χ3n) is 7.77. The first-order chi connectivity index (χ1) is 21.1. The van der Waals surface area contributed by atoms with E-state index in [0.29, 0.717) is 17.8 Å². The lowest BCUT2D eigenvalue weighted by atomic mass is 9.81. The van der Waals surface area contributed by atoms with Crippen molar-refractivity contribution in [3.63, 3.8) is 0 Å². The van der Waals surface area contributed by atoms with Crippen molar-refractivity contribution in [2.24, 2.45) is 5.92 Å². The first-order valence-electron chi connectivity index (χ1n) is 14.2. The van der Waals surface area contributed by atoms with Crippen LogP contribution in [0.25, 0.3) is 5.78 Å². The standard InChI is InChI=1S/C28H29F8N7O2/c29-26(30)7-3-17(4-8-26)23(41-24(45)18-13-37-43(14-18)12-10-28(34,35)36)20-15-42-11-6-19(38-25(42)39-20)22(16-1-2-16)40-21(44)5-9-27(31,32)33/h1,6,11,13-15,17,22-23H,2-5,7-10,12H2,(H,40,44)(H,41,45)/t22-,23-/m0/s1. The topological polar surface area (TPSA) is 106 Å². The van der Waals surface area contributed by atoms with Gasteiger partial charge in [-0.15, -0.1) is 0 Å². The molecular formula is C28H29F8N7O2. The molecular weight excluding hydrogens is 618 g/mol. The van der Waals surface area contributed by atoms with E-state index in [4.69, 9.17) is 0 Å². The van der Waals surface area contributed by atoms with Gasteiger partial charge < -0.3 is 10.6 Å². The smallest absolute Gasteiger partial charge is 0.344 e. The van der Waals surface area contributed by atoms with Gasteiger partial charge in [0.1, 0.15) is 0 Å². The van der Waals surface area contributed by atoms with Crippen molar-refractivity contribution < 1.29 is 44.7 Å². The van der Waals surface area contributed by atoms with Crippen LogP contribution in [0.3, 0.4) is 0 Å². The van der Waals surface area contributed by atoms with Gasteiger partial charge in [0.05, 0.1) is 48.1 Å². The number of imidazole rings is 1. The molecule has 0 bridgehead atoms. The number of nitrogens with one attached hydrogen (secondary N) is 2. The van der Waals surface area contributed by atoms with Crippen LogP contribution in [0, 0.1) is 5.92 Å². The van der Waals surface area contributed by atoms with E-state index < -0.39 is 86.7 Å². The fourth-order valence-corrected chi connectivity index (χ4v) is 5.25. The third kappa shape index (κ3) is 8.78. The zero-order valence-corrected chi connectivity index (χ0v) is 23.6. The molecule has 2 aliphatic carbocycles. The van der Waals surface area contributed by atoms with E-state index in [1.807, 2.05) is 0 Å². The Labute approximate surface area is 251 Å². The first-order valence-corrected chi connectivity index (χ1v) is 14.2. The molecule has 17 heteroatoms. The Morgan fingerprint density at radius 3 is 2.29 bits per heavy atom. The summed E-state index contributed by atoms with van der Waals surface area (Å²) in [5.74, 6) is -4.64. The average molecular weight is 648 g/mol. The number of rotatable bonds is 11. The van der Waals surface area contributed by atoms with Gasteiger partial charge in [-0.05, 0) is 36.8 Å². The maximum absolute atomic E-state index is 14.0. The zero-order chi connectivity index (χ0) is 32.6. The number of nitrogens with zero attached hydrogens (tertiary/aromatic N) is 5. The predicted molar refractivity (Wildman–Crippen MR) is 142 cm³/mol. The monoisotopic (exact) mass is 647 g/mol. The largest absolute Gasteiger partial charge is 0.390 e. The molecule has 2 atom stereocenters. The van der Waals surface area contributed by atoms with Crippen LogP contribution in [0.4, 0.5) is 35.1 Å². The fraction of sp³-hybridized carbons (Fsp3) is 0.536. The molecule has 3 heterocycles. The molecule has 9 nitrogen and oxygen atoms in total. The number of allylic oxidation sites excluding steroid dienone is 1. The number of aryl methyl sites for hydroxylation is 1. The quantitative estimate of drug-likeness (QED) is 0.196. The van der Waals surface area contributed by atoms with Gasteiger partial charge in [0, 0.05) is 44.4 Å². The van der Waals surface area contributed by atoms with E-state index in [0.717, 1.165) is 16.5 Å². The number of halogens is 8. The second-order valence-electron chi connectivity index (χ2n) is 11.3. The highest BCUT2D eigenvalue weighted by atomic mass is 19.4. The van der Waals surface area contributed by atoms with Gasteiger partial charge in [-0.3, -0.25) is 18.7 Å². The summed E-state index contributed by atoms with van der Waals surface area (Å²) in [7, 11) is 0. The lowest BCUT2D eigenvalue weighted by Gasteiger charge is -2.33. The van der Waals surface area contributed by atoms with Gasteiger partial charge >= 0.3 is 12.4 Å². The number of carbonyl (C=O) groups excluding carboxylic acids is 2. The lowest BCUT2D eigenvalue weighted by Crippen LogP contribution is -2.37. The maximum Gasteiger partial charge on any atom is 0.390 e. The van der Waals surface area contributed by atoms with Gasteiger partial charge in [-0.25, -0.2) is 18.7 Å². The Balaban J connectivity index is 1.36. The highest BCUT2D eigenvalue weighted by molar-refractivity contribution is 5.94. The van der Waals surface area contributed by atoms with Crippen molar-refractivity contribution >= 4 is 17.6 Å². The molecule has 0 aliphatic heterocycles. The molecule has 2 N–H and O–H groups in total. The number of aromatic nitrogens is 5. The third-order valence-corrected chi connectivity index (χ3v) is 7.77. The van der Waals surface area contributed by atoms with Crippen molar-refractivity contribution in [3.05, 3.63) is 59.5 Å². The maximum atomic E-state index is 14.0. The minimum Gasteiger partial charge on any atom is -0.344 e. The van der Waals surface area contributed by atoms with Crippen molar-refractivity contribution in [2.45, 2.75) is 88.3 Å². The van der Waals surface area contributed by atoms with E-state index in [9.17, 15) is 44.7 Å². The molecule has 3 aromatic rings. The number of alkyl halides is 8. The number of amides is 2. The van der Waals surface area contributed by atoms with Gasteiger partial charge in [0.15, 0.2) is 0 Å². The van der Waals surface area contributed by atoms with Crippen molar-refractivity contribution in [1.82, 2.24) is 34.8 Å². The molecule has 1 saturated carbocycles. The second kappa shape index (κ2) is 12.4. The molecule has 5 rings (SSSR count). The van der Waals surface area contributed by atoms with Crippen LogP contribution in [0.5, 0.6) is 0 Å². The van der Waals surface area contributed by atoms with Crippen LogP contribution in [0.2, 0.25) is 0 Å². The van der Waals surface area contributed by atoms with Gasteiger partial charge in [-0.2, -0.15) is 31.4 Å². The highest BCUT2D eigenvalue weighted by Gasteiger charge is 2.40. The Bertz CT molecular complexity index is 1570. The first kappa shape index (κ1) is 32.3. The molecule has 0 saturated heterocycles. The number of hydrogen-bond acceptors (Lipinski definition) is 5. The summed E-state index contributed by atoms with van der Waals surface area (Å²) in [5, 5.41) is 9.18. The van der Waals surface area contributed by atoms with E-state index in [-0.39, 0.29) is 24.2 Å². The van der Waals surface area contributed by atoms with Crippen LogP contribution >= 0.6 is 0 Å². The number of hydrogen-bond donors (Lipinski definition) is 2. The Morgan fingerprint density at radius 2 is 1.64 bits per heavy atom. The fourth-order valence-electron chi connectivity index (χ4n) is 5.25. The molecule has 2 amide bonds. The van der Waals surface area contributed by atoms with Gasteiger partial charge in [-0.1, -0.05) is 6.08 Å². The zero-order valence-electron chi connectivity index (χ0n) is 23.6. The molecule has 2 aliphatic rings. The average Bonchev–Trinajstić information content (AvgIpc) is 3.52. The van der Waals surface area contributed by atoms with Crippen molar-refractivity contribution in [3.8, 4) is 0 Å². The summed E-state index contributed by atoms with van der Waals surface area (Å²) in [6.07, 6.45) is -4.96. The molecule has 1 fully saturated rings. The SMILES string of the molecule is O=C(CCC(F)(F)F)N[C@@H](C1=CC1)c1ccn2cc([C@@H](NC(=O)c3cnn(CCC(F)(F)F)c3)C3CCC(F)(F)CC3)nc2n1. The molecule has 0 spiro atoms. The predicted octanol–water partition coefficient (Wildman–Crippen LogP) is 6.00. The molecule has 0 unspecified atom stereocenters. The summed E-state index contributed by atoms with van der Waals surface area (Å²) in [6.45, 7) is -0.487. The number of carbonyl (C=O) groups is 2. The second-order valence-corrected chi connectivity index (χ2v) is 11.3. The van der Waals surface area contributed by atoms with Crippen LogP contribution in [0.15, 0.2) is 42.5 Å². The van der Waals surface area contributed by atoms with Crippen LogP contribution in [-0.2, 0) is 11.3 Å². The summed E-state index contributed by atoms with van der Waals surface area (Å²) in [4.78, 5) is 34.4. The number of fused-ring (bicyclic) bond motifs is 1. The lowest BCUT2D eigenvalue weighted by molar-refractivity contribution is -0.144. The van der Waals surface area contributed by atoms with E-state index in [2.05, 4.69) is 25.7 Å². The van der Waals surface area contributed by atoms with E-state index >= 15 is 0 Å². The molecule has 0 aromatic carbocycles. The summed E-state index contributed by atoms with van der Waals surface area (Å²) >= 11 is 0. The van der Waals surface area contributed by atoms with Gasteiger partial charge in [0.25, 0.3) is 5.91 Å². The van der Waals surface area contributed by atoms with E-state index in [1.54, 1.807) is 24.5 Å². The van der Waals surface area contributed by atoms with Gasteiger partial charge in [0.2, 0.25) is 17.6 Å². The van der Waals surface area contributed by atoms with Crippen LogP contribution in [-0.4, -0.2) is 54.2 Å². The normalized spacial score (nSPS) is 18.4.